The maximum Gasteiger partial charge on any atom is 0.338 e. The van der Waals surface area contributed by atoms with Gasteiger partial charge in [-0.05, 0) is 18.6 Å². The van der Waals surface area contributed by atoms with E-state index in [-0.39, 0.29) is 5.97 Å². The highest BCUT2D eigenvalue weighted by atomic mass is 16.5. The summed E-state index contributed by atoms with van der Waals surface area (Å²) in [6.07, 6.45) is 3.07. The molecule has 0 saturated carbocycles. The van der Waals surface area contributed by atoms with Crippen LogP contribution in [0.1, 0.15) is 30.1 Å². The molecule has 5 heteroatoms. The maximum atomic E-state index is 11.9. The molecule has 2 aromatic rings. The van der Waals surface area contributed by atoms with E-state index in [1.165, 1.54) is 6.39 Å². The van der Waals surface area contributed by atoms with Crippen LogP contribution in [0.5, 0.6) is 0 Å². The molecule has 0 aliphatic rings. The number of benzene rings is 1. The monoisotopic (exact) mass is 246 g/mol. The Morgan fingerprint density at radius 2 is 2.22 bits per heavy atom. The van der Waals surface area contributed by atoms with Crippen LogP contribution in [0.3, 0.4) is 0 Å². The molecule has 0 bridgehead atoms. The van der Waals surface area contributed by atoms with E-state index in [4.69, 9.17) is 9.15 Å². The topological polar surface area (TPSA) is 65.2 Å². The third-order valence-corrected chi connectivity index (χ3v) is 2.47. The molecule has 0 fully saturated rings. The molecular formula is C13H14N2O3. The molecular weight excluding hydrogens is 232 g/mol. The number of hydrogen-bond acceptors (Lipinski definition) is 5. The molecule has 0 aliphatic carbocycles. The molecule has 2 rings (SSSR count). The van der Waals surface area contributed by atoms with Crippen molar-refractivity contribution < 1.29 is 13.9 Å². The fraction of sp³-hybridized carbons (Fsp3) is 0.308. The summed E-state index contributed by atoms with van der Waals surface area (Å²) in [7, 11) is 0. The summed E-state index contributed by atoms with van der Waals surface area (Å²) in [4.78, 5) is 11.9. The van der Waals surface area contributed by atoms with E-state index < -0.39 is 0 Å². The summed E-state index contributed by atoms with van der Waals surface area (Å²) < 4.78 is 10.3. The first kappa shape index (κ1) is 12.3. The highest BCUT2D eigenvalue weighted by molar-refractivity contribution is 5.96. The lowest BCUT2D eigenvalue weighted by atomic mass is 10.1. The first-order valence-electron chi connectivity index (χ1n) is 5.85. The van der Waals surface area contributed by atoms with Crippen molar-refractivity contribution in [3.63, 3.8) is 0 Å². The van der Waals surface area contributed by atoms with Gasteiger partial charge in [0.05, 0.1) is 17.7 Å². The zero-order valence-corrected chi connectivity index (χ0v) is 10.1. The number of rotatable bonds is 5. The molecule has 0 atom stereocenters. The average Bonchev–Trinajstić information content (AvgIpc) is 2.93. The molecule has 0 radical (unpaired) electrons. The van der Waals surface area contributed by atoms with Gasteiger partial charge in [-0.15, -0.1) is 10.2 Å². The maximum absolute atomic E-state index is 11.9. The molecule has 94 valence electrons. The summed E-state index contributed by atoms with van der Waals surface area (Å²) in [5.41, 5.74) is 1.04. The lowest BCUT2D eigenvalue weighted by Gasteiger charge is -2.06. The smallest absolute Gasteiger partial charge is 0.338 e. The summed E-state index contributed by atoms with van der Waals surface area (Å²) in [6.45, 7) is 2.47. The van der Waals surface area contributed by atoms with Gasteiger partial charge < -0.3 is 9.15 Å². The Kier molecular flexibility index (Phi) is 4.06. The van der Waals surface area contributed by atoms with Crippen molar-refractivity contribution in [2.45, 2.75) is 19.8 Å². The van der Waals surface area contributed by atoms with Gasteiger partial charge in [-0.25, -0.2) is 4.79 Å². The predicted molar refractivity (Wildman–Crippen MR) is 64.9 cm³/mol. The van der Waals surface area contributed by atoms with Gasteiger partial charge in [-0.3, -0.25) is 0 Å². The van der Waals surface area contributed by atoms with Gasteiger partial charge in [0, 0.05) is 0 Å². The Balaban J connectivity index is 2.20. The minimum Gasteiger partial charge on any atom is -0.462 e. The summed E-state index contributed by atoms with van der Waals surface area (Å²) in [6, 6.07) is 7.02. The molecule has 0 spiro atoms. The molecule has 0 N–H and O–H groups in total. The van der Waals surface area contributed by atoms with E-state index in [0.29, 0.717) is 23.6 Å². The van der Waals surface area contributed by atoms with Gasteiger partial charge in [0.2, 0.25) is 12.3 Å². The van der Waals surface area contributed by atoms with Crippen LogP contribution in [0.25, 0.3) is 11.5 Å². The van der Waals surface area contributed by atoms with Crippen LogP contribution >= 0.6 is 0 Å². The Morgan fingerprint density at radius 1 is 1.39 bits per heavy atom. The minimum absolute atomic E-state index is 0.318. The lowest BCUT2D eigenvalue weighted by molar-refractivity contribution is 0.0500. The number of ether oxygens (including phenoxy) is 1. The van der Waals surface area contributed by atoms with Crippen LogP contribution < -0.4 is 0 Å². The Bertz CT molecular complexity index is 509. The van der Waals surface area contributed by atoms with Crippen LogP contribution in [0, 0.1) is 0 Å². The second kappa shape index (κ2) is 5.95. The van der Waals surface area contributed by atoms with Gasteiger partial charge in [-0.1, -0.05) is 25.5 Å². The van der Waals surface area contributed by atoms with Crippen molar-refractivity contribution in [2.24, 2.45) is 0 Å². The number of unbranched alkanes of at least 4 members (excludes halogenated alkanes) is 1. The number of aromatic nitrogens is 2. The Hall–Kier alpha value is -2.17. The van der Waals surface area contributed by atoms with Gasteiger partial charge in [0.1, 0.15) is 0 Å². The second-order valence-electron chi connectivity index (χ2n) is 3.78. The highest BCUT2D eigenvalue weighted by Crippen LogP contribution is 2.21. The molecule has 0 amide bonds. The zero-order valence-electron chi connectivity index (χ0n) is 10.1. The minimum atomic E-state index is -0.364. The zero-order chi connectivity index (χ0) is 12.8. The molecule has 0 saturated heterocycles. The molecule has 0 aliphatic heterocycles. The average molecular weight is 246 g/mol. The molecule has 0 unspecified atom stereocenters. The van der Waals surface area contributed by atoms with E-state index in [2.05, 4.69) is 10.2 Å². The van der Waals surface area contributed by atoms with Gasteiger partial charge in [0.25, 0.3) is 0 Å². The summed E-state index contributed by atoms with van der Waals surface area (Å²) >= 11 is 0. The molecule has 5 nitrogen and oxygen atoms in total. The predicted octanol–water partition coefficient (Wildman–Crippen LogP) is 2.69. The number of esters is 1. The van der Waals surface area contributed by atoms with Gasteiger partial charge in [-0.2, -0.15) is 0 Å². The highest BCUT2D eigenvalue weighted by Gasteiger charge is 2.16. The van der Waals surface area contributed by atoms with Crippen molar-refractivity contribution in [1.82, 2.24) is 10.2 Å². The summed E-state index contributed by atoms with van der Waals surface area (Å²) in [5, 5.41) is 7.41. The quantitative estimate of drug-likeness (QED) is 0.599. The largest absolute Gasteiger partial charge is 0.462 e. The molecule has 1 aromatic carbocycles. The van der Waals surface area contributed by atoms with Crippen LogP contribution in [0.15, 0.2) is 35.1 Å². The van der Waals surface area contributed by atoms with E-state index in [9.17, 15) is 4.79 Å². The van der Waals surface area contributed by atoms with Crippen LogP contribution in [-0.2, 0) is 4.74 Å². The molecule has 18 heavy (non-hydrogen) atoms. The van der Waals surface area contributed by atoms with Crippen molar-refractivity contribution in [2.75, 3.05) is 6.61 Å². The van der Waals surface area contributed by atoms with E-state index in [1.807, 2.05) is 13.0 Å². The number of hydrogen-bond donors (Lipinski definition) is 0. The Morgan fingerprint density at radius 3 is 2.94 bits per heavy atom. The second-order valence-corrected chi connectivity index (χ2v) is 3.78. The third kappa shape index (κ3) is 2.74. The van der Waals surface area contributed by atoms with Crippen LogP contribution in [0.4, 0.5) is 0 Å². The third-order valence-electron chi connectivity index (χ3n) is 2.47. The van der Waals surface area contributed by atoms with Crippen molar-refractivity contribution in [3.05, 3.63) is 36.2 Å². The molecule has 1 heterocycles. The fourth-order valence-electron chi connectivity index (χ4n) is 1.52. The van der Waals surface area contributed by atoms with E-state index in [1.54, 1.807) is 18.2 Å². The van der Waals surface area contributed by atoms with Crippen LogP contribution in [-0.4, -0.2) is 22.8 Å². The lowest BCUT2D eigenvalue weighted by Crippen LogP contribution is -2.07. The van der Waals surface area contributed by atoms with Crippen molar-refractivity contribution in [1.29, 1.82) is 0 Å². The first-order chi connectivity index (χ1) is 8.83. The van der Waals surface area contributed by atoms with Crippen molar-refractivity contribution >= 4 is 5.97 Å². The van der Waals surface area contributed by atoms with E-state index >= 15 is 0 Å². The summed E-state index contributed by atoms with van der Waals surface area (Å²) in [5.74, 6) is -0.0460. The SMILES string of the molecule is CCCCOC(=O)c1ccccc1-c1nnco1. The van der Waals surface area contributed by atoms with Crippen molar-refractivity contribution in [3.8, 4) is 11.5 Å². The number of carbonyl (C=O) groups is 1. The van der Waals surface area contributed by atoms with Gasteiger partial charge >= 0.3 is 5.97 Å². The molecule has 1 aromatic heterocycles. The fourth-order valence-corrected chi connectivity index (χ4v) is 1.52. The number of nitrogens with zero attached hydrogens (tertiary/aromatic N) is 2. The van der Waals surface area contributed by atoms with E-state index in [0.717, 1.165) is 12.8 Å². The first-order valence-corrected chi connectivity index (χ1v) is 5.85. The van der Waals surface area contributed by atoms with Gasteiger partial charge in [0.15, 0.2) is 0 Å². The number of carbonyl (C=O) groups excluding carboxylic acids is 1. The Labute approximate surface area is 105 Å². The standard InChI is InChI=1S/C13H14N2O3/c1-2-3-8-17-13(16)11-7-5-4-6-10(11)12-15-14-9-18-12/h4-7,9H,2-3,8H2,1H3. The normalized spacial score (nSPS) is 10.3. The van der Waals surface area contributed by atoms with Crippen LogP contribution in [0.2, 0.25) is 0 Å².